The Morgan fingerprint density at radius 1 is 1.46 bits per heavy atom. The number of fused-ring (bicyclic) bond motifs is 3. The van der Waals surface area contributed by atoms with Crippen molar-refractivity contribution < 1.29 is 4.52 Å². The zero-order valence-corrected chi connectivity index (χ0v) is 14.7. The van der Waals surface area contributed by atoms with Gasteiger partial charge in [0.15, 0.2) is 5.82 Å². The summed E-state index contributed by atoms with van der Waals surface area (Å²) in [6, 6.07) is 0. The molecular formula is C17H20N4O2S. The Kier molecular flexibility index (Phi) is 3.96. The van der Waals surface area contributed by atoms with Crippen LogP contribution in [0.4, 0.5) is 0 Å². The molecule has 0 N–H and O–H groups in total. The average Bonchev–Trinajstić information content (AvgIpc) is 3.14. The Hall–Kier alpha value is -2.02. The van der Waals surface area contributed by atoms with E-state index in [1.54, 1.807) is 22.2 Å². The number of aryl methyl sites for hydroxylation is 2. The van der Waals surface area contributed by atoms with Gasteiger partial charge in [-0.25, -0.2) is 4.98 Å². The van der Waals surface area contributed by atoms with Gasteiger partial charge in [-0.2, -0.15) is 4.98 Å². The molecule has 1 aliphatic rings. The fraction of sp³-hybridized carbons (Fsp3) is 0.529. The molecule has 6 nitrogen and oxygen atoms in total. The van der Waals surface area contributed by atoms with E-state index in [4.69, 9.17) is 4.52 Å². The summed E-state index contributed by atoms with van der Waals surface area (Å²) in [6.07, 6.45) is 6.51. The van der Waals surface area contributed by atoms with Gasteiger partial charge in [0.1, 0.15) is 11.4 Å². The molecule has 1 atom stereocenters. The predicted molar refractivity (Wildman–Crippen MR) is 92.5 cm³/mol. The number of nitrogens with zero attached hydrogens (tertiary/aromatic N) is 4. The van der Waals surface area contributed by atoms with E-state index in [1.807, 2.05) is 0 Å². The third kappa shape index (κ3) is 2.66. The highest BCUT2D eigenvalue weighted by Gasteiger charge is 2.23. The molecule has 126 valence electrons. The lowest BCUT2D eigenvalue weighted by Crippen LogP contribution is -2.22. The van der Waals surface area contributed by atoms with E-state index < -0.39 is 0 Å². The monoisotopic (exact) mass is 344 g/mol. The Morgan fingerprint density at radius 3 is 3.17 bits per heavy atom. The molecule has 1 aliphatic carbocycles. The second kappa shape index (κ2) is 6.12. The highest BCUT2D eigenvalue weighted by Crippen LogP contribution is 2.35. The number of hydrogen-bond donors (Lipinski definition) is 0. The van der Waals surface area contributed by atoms with Gasteiger partial charge in [0, 0.05) is 11.3 Å². The summed E-state index contributed by atoms with van der Waals surface area (Å²) >= 11 is 1.67. The summed E-state index contributed by atoms with van der Waals surface area (Å²) in [4.78, 5) is 23.9. The topological polar surface area (TPSA) is 73.8 Å². The smallest absolute Gasteiger partial charge is 0.262 e. The third-order valence-electron chi connectivity index (χ3n) is 4.57. The second-order valence-corrected chi connectivity index (χ2v) is 7.65. The summed E-state index contributed by atoms with van der Waals surface area (Å²) in [5, 5.41) is 4.73. The van der Waals surface area contributed by atoms with E-state index in [-0.39, 0.29) is 12.1 Å². The second-order valence-electron chi connectivity index (χ2n) is 6.56. The molecule has 3 aromatic rings. The molecule has 7 heteroatoms. The van der Waals surface area contributed by atoms with Gasteiger partial charge in [-0.15, -0.1) is 11.3 Å². The van der Waals surface area contributed by atoms with Crippen LogP contribution in [0, 0.1) is 5.92 Å². The molecule has 0 spiro atoms. The standard InChI is InChI=1S/C17H20N4O2S/c1-3-4-13-19-14(23-20-13)8-21-9-18-16-15(17(21)22)11-6-5-10(2)7-12(11)24-16/h9-10H,3-8H2,1-2H3. The third-order valence-corrected chi connectivity index (χ3v) is 5.73. The Labute approximate surface area is 143 Å². The minimum atomic E-state index is 0.00212. The SMILES string of the molecule is CCCc1noc(Cn2cnc3sc4c(c3c2=O)CCC(C)C4)n1. The first kappa shape index (κ1) is 15.5. The van der Waals surface area contributed by atoms with Crippen molar-refractivity contribution in [2.24, 2.45) is 5.92 Å². The molecule has 0 aliphatic heterocycles. The van der Waals surface area contributed by atoms with Gasteiger partial charge in [0.25, 0.3) is 5.56 Å². The molecule has 0 bridgehead atoms. The first-order valence-corrected chi connectivity index (χ1v) is 9.28. The zero-order chi connectivity index (χ0) is 16.7. The van der Waals surface area contributed by atoms with Gasteiger partial charge in [0.2, 0.25) is 5.89 Å². The minimum Gasteiger partial charge on any atom is -0.337 e. The van der Waals surface area contributed by atoms with Crippen LogP contribution < -0.4 is 5.56 Å². The van der Waals surface area contributed by atoms with Crippen molar-refractivity contribution in [2.75, 3.05) is 0 Å². The predicted octanol–water partition coefficient (Wildman–Crippen LogP) is 2.97. The minimum absolute atomic E-state index is 0.00212. The lowest BCUT2D eigenvalue weighted by Gasteiger charge is -2.17. The summed E-state index contributed by atoms with van der Waals surface area (Å²) < 4.78 is 6.83. The van der Waals surface area contributed by atoms with Crippen molar-refractivity contribution in [3.8, 4) is 0 Å². The number of hydrogen-bond acceptors (Lipinski definition) is 6. The van der Waals surface area contributed by atoms with Crippen LogP contribution in [0.15, 0.2) is 15.6 Å². The Bertz CT molecular complexity index is 940. The molecule has 3 aromatic heterocycles. The number of rotatable bonds is 4. The Morgan fingerprint density at radius 2 is 2.33 bits per heavy atom. The highest BCUT2D eigenvalue weighted by atomic mass is 32.1. The van der Waals surface area contributed by atoms with Crippen molar-refractivity contribution in [1.82, 2.24) is 19.7 Å². The quantitative estimate of drug-likeness (QED) is 0.727. The zero-order valence-electron chi connectivity index (χ0n) is 13.9. The van der Waals surface area contributed by atoms with E-state index in [0.717, 1.165) is 42.3 Å². The molecule has 24 heavy (non-hydrogen) atoms. The Balaban J connectivity index is 1.71. The lowest BCUT2D eigenvalue weighted by atomic mass is 9.89. The van der Waals surface area contributed by atoms with Gasteiger partial charge in [0.05, 0.1) is 11.7 Å². The van der Waals surface area contributed by atoms with Crippen molar-refractivity contribution in [3.05, 3.63) is 38.8 Å². The van der Waals surface area contributed by atoms with Crippen LogP contribution in [0.25, 0.3) is 10.2 Å². The summed E-state index contributed by atoms with van der Waals surface area (Å²) in [5.41, 5.74) is 1.21. The van der Waals surface area contributed by atoms with Gasteiger partial charge in [-0.3, -0.25) is 9.36 Å². The largest absolute Gasteiger partial charge is 0.337 e. The van der Waals surface area contributed by atoms with E-state index in [2.05, 4.69) is 29.0 Å². The maximum atomic E-state index is 12.9. The molecule has 4 rings (SSSR count). The fourth-order valence-electron chi connectivity index (χ4n) is 3.30. The number of thiophene rings is 1. The first-order valence-electron chi connectivity index (χ1n) is 8.46. The highest BCUT2D eigenvalue weighted by molar-refractivity contribution is 7.18. The fourth-order valence-corrected chi connectivity index (χ4v) is 4.64. The van der Waals surface area contributed by atoms with Crippen LogP contribution in [-0.2, 0) is 25.8 Å². The van der Waals surface area contributed by atoms with E-state index in [1.165, 1.54) is 10.4 Å². The molecule has 0 aromatic carbocycles. The molecule has 0 saturated heterocycles. The van der Waals surface area contributed by atoms with Crippen LogP contribution in [0.1, 0.15) is 48.8 Å². The van der Waals surface area contributed by atoms with Crippen LogP contribution in [0.2, 0.25) is 0 Å². The van der Waals surface area contributed by atoms with Crippen molar-refractivity contribution in [3.63, 3.8) is 0 Å². The van der Waals surface area contributed by atoms with Crippen LogP contribution in [0.5, 0.6) is 0 Å². The maximum Gasteiger partial charge on any atom is 0.262 e. The van der Waals surface area contributed by atoms with Gasteiger partial charge < -0.3 is 4.52 Å². The van der Waals surface area contributed by atoms with E-state index >= 15 is 0 Å². The van der Waals surface area contributed by atoms with E-state index in [9.17, 15) is 4.79 Å². The van der Waals surface area contributed by atoms with Crippen LogP contribution in [-0.4, -0.2) is 19.7 Å². The van der Waals surface area contributed by atoms with Gasteiger partial charge in [-0.05, 0) is 37.2 Å². The van der Waals surface area contributed by atoms with Crippen LogP contribution in [0.3, 0.4) is 0 Å². The lowest BCUT2D eigenvalue weighted by molar-refractivity contribution is 0.364. The van der Waals surface area contributed by atoms with Crippen molar-refractivity contribution in [2.45, 2.75) is 52.5 Å². The molecule has 0 saturated carbocycles. The number of aromatic nitrogens is 4. The first-order chi connectivity index (χ1) is 11.7. The van der Waals surface area contributed by atoms with Crippen molar-refractivity contribution >= 4 is 21.6 Å². The normalized spacial score (nSPS) is 17.3. The van der Waals surface area contributed by atoms with E-state index in [0.29, 0.717) is 17.6 Å². The molecule has 1 unspecified atom stereocenters. The maximum absolute atomic E-state index is 12.9. The molecule has 0 amide bonds. The molecule has 0 fully saturated rings. The summed E-state index contributed by atoms with van der Waals surface area (Å²) in [7, 11) is 0. The molecular weight excluding hydrogens is 324 g/mol. The van der Waals surface area contributed by atoms with Gasteiger partial charge >= 0.3 is 0 Å². The van der Waals surface area contributed by atoms with Crippen molar-refractivity contribution in [1.29, 1.82) is 0 Å². The summed E-state index contributed by atoms with van der Waals surface area (Å²) in [6.45, 7) is 4.61. The molecule has 0 radical (unpaired) electrons. The molecule has 3 heterocycles. The average molecular weight is 344 g/mol. The van der Waals surface area contributed by atoms with Crippen LogP contribution >= 0.6 is 11.3 Å². The summed E-state index contributed by atoms with van der Waals surface area (Å²) in [5.74, 6) is 1.83. The van der Waals surface area contributed by atoms with Gasteiger partial charge in [-0.1, -0.05) is 19.0 Å².